The second-order valence-corrected chi connectivity index (χ2v) is 8.38. The quantitative estimate of drug-likeness (QED) is 0.362. The van der Waals surface area contributed by atoms with Crippen LogP contribution in [-0.2, 0) is 6.54 Å². The fourth-order valence-electron chi connectivity index (χ4n) is 2.99. The van der Waals surface area contributed by atoms with Crippen molar-refractivity contribution >= 4 is 27.4 Å². The molecule has 6 nitrogen and oxygen atoms in total. The molecule has 160 valence electrons. The molecule has 0 saturated carbocycles. The number of para-hydroxylation sites is 1. The van der Waals surface area contributed by atoms with Crippen molar-refractivity contribution in [1.82, 2.24) is 15.5 Å². The molecule has 1 heterocycles. The van der Waals surface area contributed by atoms with Crippen molar-refractivity contribution in [2.24, 2.45) is 4.99 Å². The smallest absolute Gasteiger partial charge is 0.191 e. The third-order valence-corrected chi connectivity index (χ3v) is 5.89. The van der Waals surface area contributed by atoms with Gasteiger partial charge in [0.25, 0.3) is 0 Å². The molecule has 3 aromatic rings. The highest BCUT2D eigenvalue weighted by Gasteiger charge is 2.12. The largest absolute Gasteiger partial charge is 0.492 e. The summed E-state index contributed by atoms with van der Waals surface area (Å²) in [5, 5.41) is 18.2. The Bertz CT molecular complexity index is 938. The Morgan fingerprint density at radius 3 is 2.67 bits per heavy atom. The molecule has 1 atom stereocenters. The number of aliphatic hydroxyl groups is 1. The Morgan fingerprint density at radius 1 is 1.13 bits per heavy atom. The van der Waals surface area contributed by atoms with Gasteiger partial charge in [-0.25, -0.2) is 0 Å². The number of likely N-dealkylation sites (N-methyl/N-ethyl adjacent to an activating group) is 1. The zero-order valence-electron chi connectivity index (χ0n) is 17.8. The molecule has 3 N–H and O–H groups in total. The summed E-state index contributed by atoms with van der Waals surface area (Å²) >= 11 is 1.62. The number of thiophene rings is 1. The van der Waals surface area contributed by atoms with E-state index in [-0.39, 0.29) is 0 Å². The molecule has 0 aliphatic heterocycles. The number of nitrogens with one attached hydrogen (secondary N) is 2. The van der Waals surface area contributed by atoms with Crippen molar-refractivity contribution in [2.75, 3.05) is 40.8 Å². The number of ether oxygens (including phenoxy) is 1. The zero-order chi connectivity index (χ0) is 21.3. The van der Waals surface area contributed by atoms with Gasteiger partial charge in [-0.1, -0.05) is 36.4 Å². The minimum Gasteiger partial charge on any atom is -0.492 e. The first-order valence-electron chi connectivity index (χ1n) is 10.0. The lowest BCUT2D eigenvalue weighted by Gasteiger charge is -2.17. The first-order chi connectivity index (χ1) is 14.6. The van der Waals surface area contributed by atoms with E-state index in [2.05, 4.69) is 32.7 Å². The lowest BCUT2D eigenvalue weighted by atomic mass is 10.2. The summed E-state index contributed by atoms with van der Waals surface area (Å²) in [6.07, 6.45) is -0.595. The maximum atomic E-state index is 10.6. The standard InChI is InChI=1S/C23H30N4O2S/c1-24-23(25-15-18-9-4-6-10-20(18)29-13-12-27(2)3)26-16-19(28)22-14-17-8-5-7-11-21(17)30-22/h4-11,14,19,28H,12-13,15-16H2,1-3H3,(H2,24,25,26). The van der Waals surface area contributed by atoms with E-state index in [9.17, 15) is 5.11 Å². The van der Waals surface area contributed by atoms with E-state index < -0.39 is 6.10 Å². The molecule has 7 heteroatoms. The zero-order valence-corrected chi connectivity index (χ0v) is 18.6. The van der Waals surface area contributed by atoms with Gasteiger partial charge in [0.15, 0.2) is 5.96 Å². The first-order valence-corrected chi connectivity index (χ1v) is 10.8. The molecule has 3 rings (SSSR count). The summed E-state index contributed by atoms with van der Waals surface area (Å²) in [6, 6.07) is 18.2. The van der Waals surface area contributed by atoms with Gasteiger partial charge in [0.1, 0.15) is 18.5 Å². The molecule has 0 amide bonds. The summed E-state index contributed by atoms with van der Waals surface area (Å²) < 4.78 is 7.10. The minimum absolute atomic E-state index is 0.382. The molecule has 30 heavy (non-hydrogen) atoms. The molecule has 0 fully saturated rings. The maximum Gasteiger partial charge on any atom is 0.191 e. The van der Waals surface area contributed by atoms with Crippen LogP contribution in [0.15, 0.2) is 59.6 Å². The van der Waals surface area contributed by atoms with Gasteiger partial charge in [-0.3, -0.25) is 4.99 Å². The Kier molecular flexibility index (Phi) is 8.07. The first kappa shape index (κ1) is 22.1. The fourth-order valence-corrected chi connectivity index (χ4v) is 4.04. The molecular weight excluding hydrogens is 396 g/mol. The lowest BCUT2D eigenvalue weighted by molar-refractivity contribution is 0.184. The number of guanidine groups is 1. The Morgan fingerprint density at radius 2 is 1.90 bits per heavy atom. The molecule has 1 unspecified atom stereocenters. The van der Waals surface area contributed by atoms with E-state index >= 15 is 0 Å². The molecule has 0 bridgehead atoms. The van der Waals surface area contributed by atoms with Gasteiger partial charge in [-0.15, -0.1) is 11.3 Å². The van der Waals surface area contributed by atoms with Crippen LogP contribution in [0.2, 0.25) is 0 Å². The van der Waals surface area contributed by atoms with Gasteiger partial charge in [0.2, 0.25) is 0 Å². The second kappa shape index (κ2) is 11.0. The SMILES string of the molecule is CN=C(NCc1ccccc1OCCN(C)C)NCC(O)c1cc2ccccc2s1. The van der Waals surface area contributed by atoms with Crippen molar-refractivity contribution in [3.63, 3.8) is 0 Å². The highest BCUT2D eigenvalue weighted by Crippen LogP contribution is 2.29. The molecule has 0 aliphatic rings. The van der Waals surface area contributed by atoms with E-state index in [0.717, 1.165) is 28.1 Å². The number of aliphatic imine (C=N–C) groups is 1. The topological polar surface area (TPSA) is 69.1 Å². The normalized spacial score (nSPS) is 12.9. The van der Waals surface area contributed by atoms with Crippen molar-refractivity contribution < 1.29 is 9.84 Å². The van der Waals surface area contributed by atoms with Gasteiger partial charge in [-0.2, -0.15) is 0 Å². The summed E-state index contributed by atoms with van der Waals surface area (Å²) in [6.45, 7) is 2.46. The number of benzene rings is 2. The van der Waals surface area contributed by atoms with Crippen LogP contribution in [0.1, 0.15) is 16.5 Å². The number of nitrogens with zero attached hydrogens (tertiary/aromatic N) is 2. The minimum atomic E-state index is -0.595. The lowest BCUT2D eigenvalue weighted by Crippen LogP contribution is -2.39. The predicted octanol–water partition coefficient (Wildman–Crippen LogP) is 3.24. The van der Waals surface area contributed by atoms with Gasteiger partial charge in [-0.05, 0) is 37.7 Å². The van der Waals surface area contributed by atoms with E-state index in [4.69, 9.17) is 4.74 Å². The molecule has 0 aliphatic carbocycles. The summed E-state index contributed by atoms with van der Waals surface area (Å²) in [5.41, 5.74) is 1.06. The third kappa shape index (κ3) is 6.19. The number of fused-ring (bicyclic) bond motifs is 1. The third-order valence-electron chi connectivity index (χ3n) is 4.67. The Labute approximate surface area is 182 Å². The average molecular weight is 427 g/mol. The highest BCUT2D eigenvalue weighted by atomic mass is 32.1. The molecular formula is C23H30N4O2S. The maximum absolute atomic E-state index is 10.6. The number of hydrogen-bond donors (Lipinski definition) is 3. The van der Waals surface area contributed by atoms with Crippen molar-refractivity contribution in [3.8, 4) is 5.75 Å². The summed E-state index contributed by atoms with van der Waals surface area (Å²) in [7, 11) is 5.78. The van der Waals surface area contributed by atoms with Crippen molar-refractivity contribution in [1.29, 1.82) is 0 Å². The second-order valence-electron chi connectivity index (χ2n) is 7.27. The molecule has 0 spiro atoms. The fraction of sp³-hybridized carbons (Fsp3) is 0.348. The Hall–Kier alpha value is -2.61. The number of aliphatic hydroxyl groups excluding tert-OH is 1. The molecule has 0 saturated heterocycles. The van der Waals surface area contributed by atoms with Crippen molar-refractivity contribution in [3.05, 3.63) is 65.0 Å². The van der Waals surface area contributed by atoms with E-state index in [1.807, 2.05) is 56.6 Å². The van der Waals surface area contributed by atoms with Gasteiger partial charge < -0.3 is 25.4 Å². The van der Waals surface area contributed by atoms with Crippen molar-refractivity contribution in [2.45, 2.75) is 12.6 Å². The van der Waals surface area contributed by atoms with Crippen LogP contribution in [0.3, 0.4) is 0 Å². The highest BCUT2D eigenvalue weighted by molar-refractivity contribution is 7.19. The van der Waals surface area contributed by atoms with E-state index in [0.29, 0.717) is 25.7 Å². The number of hydrogen-bond acceptors (Lipinski definition) is 5. The van der Waals surface area contributed by atoms with E-state index in [1.165, 1.54) is 4.70 Å². The van der Waals surface area contributed by atoms with E-state index in [1.54, 1.807) is 18.4 Å². The van der Waals surface area contributed by atoms with Crippen LogP contribution in [-0.4, -0.2) is 56.8 Å². The van der Waals surface area contributed by atoms with Gasteiger partial charge in [0.05, 0.1) is 0 Å². The Balaban J connectivity index is 1.52. The predicted molar refractivity (Wildman–Crippen MR) is 125 cm³/mol. The van der Waals surface area contributed by atoms with Crippen LogP contribution in [0.4, 0.5) is 0 Å². The van der Waals surface area contributed by atoms with Gasteiger partial charge in [0, 0.05) is 41.8 Å². The monoisotopic (exact) mass is 426 g/mol. The molecule has 1 aromatic heterocycles. The average Bonchev–Trinajstić information content (AvgIpc) is 3.19. The van der Waals surface area contributed by atoms with Crippen LogP contribution < -0.4 is 15.4 Å². The van der Waals surface area contributed by atoms with Crippen LogP contribution in [0.5, 0.6) is 5.75 Å². The van der Waals surface area contributed by atoms with Crippen LogP contribution >= 0.6 is 11.3 Å². The van der Waals surface area contributed by atoms with Crippen LogP contribution in [0.25, 0.3) is 10.1 Å². The molecule has 0 radical (unpaired) electrons. The molecule has 2 aromatic carbocycles. The van der Waals surface area contributed by atoms with Crippen LogP contribution in [0, 0.1) is 0 Å². The number of rotatable bonds is 9. The van der Waals surface area contributed by atoms with Gasteiger partial charge >= 0.3 is 0 Å². The summed E-state index contributed by atoms with van der Waals surface area (Å²) in [4.78, 5) is 7.30. The summed E-state index contributed by atoms with van der Waals surface area (Å²) in [5.74, 6) is 1.51.